The van der Waals surface area contributed by atoms with E-state index in [0.29, 0.717) is 62.6 Å². The van der Waals surface area contributed by atoms with Crippen LogP contribution in [0.25, 0.3) is 56.7 Å². The molecule has 380 valence electrons. The van der Waals surface area contributed by atoms with Gasteiger partial charge in [0, 0.05) is 40.3 Å². The molecule has 2 aliphatic carbocycles. The smallest absolute Gasteiger partial charge is 0.161 e. The van der Waals surface area contributed by atoms with Gasteiger partial charge >= 0.3 is 0 Å². The van der Waals surface area contributed by atoms with Gasteiger partial charge in [0.15, 0.2) is 23.3 Å². The average molecular weight is 1040 g/mol. The number of rotatable bonds is 11. The first-order valence-electron chi connectivity index (χ1n) is 25.8. The van der Waals surface area contributed by atoms with E-state index in [9.17, 15) is 0 Å². The predicted octanol–water partition coefficient (Wildman–Crippen LogP) is 19.3. The van der Waals surface area contributed by atoms with E-state index in [2.05, 4.69) is 54.5 Å². The van der Waals surface area contributed by atoms with Crippen molar-refractivity contribution >= 4 is 29.2 Å². The van der Waals surface area contributed by atoms with E-state index in [0.717, 1.165) is 67.8 Å². The molecule has 2 unspecified atom stereocenters. The quantitative estimate of drug-likeness (QED) is 0.0922. The van der Waals surface area contributed by atoms with E-state index in [1.807, 2.05) is 176 Å². The maximum absolute atomic E-state index is 17.1. The van der Waals surface area contributed by atoms with Crippen molar-refractivity contribution in [3.05, 3.63) is 340 Å². The zero-order chi connectivity index (χ0) is 54.2. The van der Waals surface area contributed by atoms with Crippen molar-refractivity contribution in [2.45, 2.75) is 10.8 Å². The Bertz CT molecular complexity index is 4050. The minimum Gasteiger partial charge on any atom is -0.310 e. The van der Waals surface area contributed by atoms with Gasteiger partial charge in [0.05, 0.1) is 10.8 Å². The third-order valence-corrected chi connectivity index (χ3v) is 16.0. The summed E-state index contributed by atoms with van der Waals surface area (Å²) in [6.45, 7) is 7.92. The Labute approximate surface area is 454 Å². The van der Waals surface area contributed by atoms with Crippen LogP contribution in [0.15, 0.2) is 250 Å². The summed E-state index contributed by atoms with van der Waals surface area (Å²) in [7, 11) is 0. The number of nitrogens with zero attached hydrogens (tertiary/aromatic N) is 1. The lowest BCUT2D eigenvalue weighted by Gasteiger charge is -2.36. The van der Waals surface area contributed by atoms with Crippen LogP contribution in [0.3, 0.4) is 0 Å². The Kier molecular flexibility index (Phi) is 11.8. The summed E-state index contributed by atoms with van der Waals surface area (Å²) >= 11 is 0. The molecule has 0 amide bonds. The van der Waals surface area contributed by atoms with E-state index in [1.54, 1.807) is 12.2 Å². The fourth-order valence-corrected chi connectivity index (χ4v) is 12.5. The molecule has 0 N–H and O–H groups in total. The molecule has 0 saturated carbocycles. The standard InChI is InChI=1S/C72H45F6N/c1-3-44-24-28-50(29-25-44)71(63-40-67(75)69(77)42-65(63)73)59-22-10-8-20-55(59)57-34-32-53(38-61(57)71)79(52-19-13-18-49(37-52)48-17-12-16-47(36-48)46-14-6-5-7-15-46)54-33-35-58-56-21-9-11-23-60(56)72(62(58)39-54,51-30-26-45(4-2)27-31-51)64-41-68(76)70(78)43-66(64)74/h3-43H,1-2H2. The molecule has 0 heterocycles. The summed E-state index contributed by atoms with van der Waals surface area (Å²) in [6.07, 6.45) is 3.41. The molecule has 79 heavy (non-hydrogen) atoms. The molecular weight excluding hydrogens is 993 g/mol. The van der Waals surface area contributed by atoms with Crippen LogP contribution in [-0.4, -0.2) is 0 Å². The number of benzene rings is 11. The summed E-state index contributed by atoms with van der Waals surface area (Å²) < 4.78 is 96.2. The Hall–Kier alpha value is -9.72. The molecule has 2 aliphatic rings. The van der Waals surface area contributed by atoms with Crippen LogP contribution in [0.2, 0.25) is 0 Å². The lowest BCUT2D eigenvalue weighted by molar-refractivity contribution is 0.484. The Morgan fingerprint density at radius 2 is 0.658 bits per heavy atom. The molecule has 1 nitrogen and oxygen atoms in total. The second-order valence-electron chi connectivity index (χ2n) is 20.0. The first-order valence-corrected chi connectivity index (χ1v) is 25.8. The highest BCUT2D eigenvalue weighted by atomic mass is 19.2. The van der Waals surface area contributed by atoms with E-state index in [1.165, 1.54) is 0 Å². The van der Waals surface area contributed by atoms with Crippen molar-refractivity contribution in [1.82, 2.24) is 0 Å². The van der Waals surface area contributed by atoms with Crippen LogP contribution in [-0.2, 0) is 10.8 Å². The first kappa shape index (κ1) is 48.9. The lowest BCUT2D eigenvalue weighted by atomic mass is 9.67. The van der Waals surface area contributed by atoms with Crippen LogP contribution in [0.4, 0.5) is 43.4 Å². The number of hydrogen-bond donors (Lipinski definition) is 0. The highest BCUT2D eigenvalue weighted by Crippen LogP contribution is 2.60. The molecule has 11 aromatic rings. The summed E-state index contributed by atoms with van der Waals surface area (Å²) in [4.78, 5) is 2.07. The monoisotopic (exact) mass is 1040 g/mol. The molecule has 0 aliphatic heterocycles. The maximum atomic E-state index is 17.1. The van der Waals surface area contributed by atoms with Gasteiger partial charge in [-0.15, -0.1) is 0 Å². The third-order valence-electron chi connectivity index (χ3n) is 16.0. The van der Waals surface area contributed by atoms with Crippen LogP contribution in [0.5, 0.6) is 0 Å². The van der Waals surface area contributed by atoms with Gasteiger partial charge in [0.25, 0.3) is 0 Å². The lowest BCUT2D eigenvalue weighted by Crippen LogP contribution is -2.31. The minimum absolute atomic E-state index is 0.0796. The highest BCUT2D eigenvalue weighted by molar-refractivity contribution is 5.93. The fraction of sp³-hybridized carbons (Fsp3) is 0.0278. The number of hydrogen-bond acceptors (Lipinski definition) is 1. The van der Waals surface area contributed by atoms with Crippen molar-refractivity contribution in [3.63, 3.8) is 0 Å². The molecule has 0 spiro atoms. The number of anilines is 3. The van der Waals surface area contributed by atoms with Crippen molar-refractivity contribution in [2.75, 3.05) is 4.90 Å². The fourth-order valence-electron chi connectivity index (χ4n) is 12.5. The van der Waals surface area contributed by atoms with E-state index < -0.39 is 45.7 Å². The summed E-state index contributed by atoms with van der Waals surface area (Å²) in [5, 5.41) is 0. The maximum Gasteiger partial charge on any atom is 0.161 e. The van der Waals surface area contributed by atoms with Gasteiger partial charge in [-0.2, -0.15) is 0 Å². The molecule has 0 bridgehead atoms. The highest BCUT2D eigenvalue weighted by Gasteiger charge is 2.50. The van der Waals surface area contributed by atoms with Crippen molar-refractivity contribution in [2.24, 2.45) is 0 Å². The van der Waals surface area contributed by atoms with Gasteiger partial charge in [0.2, 0.25) is 0 Å². The molecule has 7 heteroatoms. The van der Waals surface area contributed by atoms with Crippen molar-refractivity contribution < 1.29 is 26.3 Å². The molecule has 0 aromatic heterocycles. The minimum atomic E-state index is -1.53. The van der Waals surface area contributed by atoms with E-state index >= 15 is 26.3 Å². The van der Waals surface area contributed by atoms with Gasteiger partial charge in [-0.05, 0) is 144 Å². The van der Waals surface area contributed by atoms with E-state index in [4.69, 9.17) is 0 Å². The van der Waals surface area contributed by atoms with Gasteiger partial charge < -0.3 is 4.90 Å². The SMILES string of the molecule is C=Cc1ccc(C2(c3cc(F)c(F)cc3F)c3ccccc3-c3ccc(N(c4cccc(-c5cccc(-c6ccccc6)c5)c4)c4ccc5c(c4)C(c4ccc(C=C)cc4)(c4cc(F)c(F)cc4F)c4ccccc4-5)cc32)cc1. The molecular formula is C72H45F6N. The van der Waals surface area contributed by atoms with Crippen LogP contribution in [0.1, 0.15) is 55.6 Å². The second-order valence-corrected chi connectivity index (χ2v) is 20.0. The molecule has 2 atom stereocenters. The van der Waals surface area contributed by atoms with Gasteiger partial charge in [-0.25, -0.2) is 26.3 Å². The van der Waals surface area contributed by atoms with E-state index in [-0.39, 0.29) is 11.1 Å². The van der Waals surface area contributed by atoms with Crippen molar-refractivity contribution in [1.29, 1.82) is 0 Å². The first-order chi connectivity index (χ1) is 38.5. The predicted molar refractivity (Wildman–Crippen MR) is 307 cm³/mol. The zero-order valence-corrected chi connectivity index (χ0v) is 42.3. The second kappa shape index (κ2) is 19.1. The summed E-state index contributed by atoms with van der Waals surface area (Å²) in [6, 6.07) is 71.7. The number of halogens is 6. The normalized spacial score (nSPS) is 15.7. The van der Waals surface area contributed by atoms with Gasteiger partial charge in [-0.3, -0.25) is 0 Å². The molecule has 13 rings (SSSR count). The molecule has 0 saturated heterocycles. The largest absolute Gasteiger partial charge is 0.310 e. The molecule has 0 radical (unpaired) electrons. The Morgan fingerprint density at radius 3 is 1.14 bits per heavy atom. The zero-order valence-electron chi connectivity index (χ0n) is 42.3. The molecule has 0 fully saturated rings. The van der Waals surface area contributed by atoms with Gasteiger partial charge in [-0.1, -0.05) is 195 Å². The summed E-state index contributed by atoms with van der Waals surface area (Å²) in [5.74, 6) is -6.88. The van der Waals surface area contributed by atoms with Crippen LogP contribution < -0.4 is 4.90 Å². The third kappa shape index (κ3) is 7.63. The Morgan fingerprint density at radius 1 is 0.278 bits per heavy atom. The van der Waals surface area contributed by atoms with Gasteiger partial charge in [0.1, 0.15) is 11.6 Å². The Balaban J connectivity index is 1.11. The van der Waals surface area contributed by atoms with Crippen LogP contribution >= 0.6 is 0 Å². The average Bonchev–Trinajstić information content (AvgIpc) is 3.48. The summed E-state index contributed by atoms with van der Waals surface area (Å²) in [5.41, 5.74) is 11.1. The van der Waals surface area contributed by atoms with Crippen molar-refractivity contribution in [3.8, 4) is 44.5 Å². The van der Waals surface area contributed by atoms with Crippen LogP contribution in [0, 0.1) is 34.9 Å². The number of fused-ring (bicyclic) bond motifs is 6. The molecule has 11 aromatic carbocycles. The topological polar surface area (TPSA) is 3.24 Å².